The van der Waals surface area contributed by atoms with Gasteiger partial charge in [0.1, 0.15) is 11.0 Å². The number of Topliss-reactive ketones (excluding diaryl/α,β-unsaturated/α-hetero) is 1. The number of benzene rings is 3. The van der Waals surface area contributed by atoms with Gasteiger partial charge in [-0.1, -0.05) is 12.1 Å². The number of allylic oxidation sites excluding steroid dienone is 1. The summed E-state index contributed by atoms with van der Waals surface area (Å²) in [5.74, 6) is -0.839. The van der Waals surface area contributed by atoms with E-state index in [0.29, 0.717) is 39.2 Å². The summed E-state index contributed by atoms with van der Waals surface area (Å²) in [5.41, 5.74) is 2.50. The van der Waals surface area contributed by atoms with Crippen LogP contribution in [0.1, 0.15) is 21.5 Å². The molecule has 10 heteroatoms. The third kappa shape index (κ3) is 5.99. The van der Waals surface area contributed by atoms with Gasteiger partial charge < -0.3 is 19.4 Å². The van der Waals surface area contributed by atoms with Crippen molar-refractivity contribution in [3.63, 3.8) is 0 Å². The zero-order valence-corrected chi connectivity index (χ0v) is 23.9. The molecule has 3 aromatic carbocycles. The summed E-state index contributed by atoms with van der Waals surface area (Å²) in [6.45, 7) is 0. The van der Waals surface area contributed by atoms with Crippen LogP contribution in [0.4, 0.5) is 0 Å². The second-order valence-electron chi connectivity index (χ2n) is 7.53. The van der Waals surface area contributed by atoms with Gasteiger partial charge in [-0.3, -0.25) is 4.79 Å². The Morgan fingerprint density at radius 2 is 1.56 bits per heavy atom. The number of thioether (sulfide) groups is 1. The summed E-state index contributed by atoms with van der Waals surface area (Å²) in [7, 11) is 3.04. The van der Waals surface area contributed by atoms with Gasteiger partial charge in [0.25, 0.3) is 0 Å². The van der Waals surface area contributed by atoms with E-state index in [0.717, 1.165) is 16.6 Å². The monoisotopic (exact) mass is 528 g/mol. The maximum absolute atomic E-state index is 13.7. The summed E-state index contributed by atoms with van der Waals surface area (Å²) < 4.78 is 19.1. The molecule has 0 radical (unpaired) electrons. The van der Waals surface area contributed by atoms with E-state index in [1.54, 1.807) is 60.3 Å². The summed E-state index contributed by atoms with van der Waals surface area (Å²) >= 11 is 2.59. The Balaban J connectivity index is 0.00000361. The SMILES string of the molecule is COc1ccc(C/C(C(=O)c2ccc(SC)cc2)=C(\C(=O)[O-])c2ccc3nsnc3c2)cc1OC.[Na+]. The van der Waals surface area contributed by atoms with Gasteiger partial charge in [0.05, 0.1) is 31.9 Å². The number of rotatable bonds is 9. The minimum absolute atomic E-state index is 0. The number of carboxylic acid groups (broad SMARTS) is 1. The molecule has 0 N–H and O–H groups in total. The molecule has 0 aliphatic rings. The number of carboxylic acids is 1. The van der Waals surface area contributed by atoms with E-state index in [4.69, 9.17) is 9.47 Å². The van der Waals surface area contributed by atoms with E-state index in [-0.39, 0.29) is 47.1 Å². The van der Waals surface area contributed by atoms with Crippen LogP contribution in [-0.4, -0.2) is 41.0 Å². The van der Waals surface area contributed by atoms with E-state index in [1.807, 2.05) is 18.4 Å². The number of ether oxygens (including phenoxy) is 2. The third-order valence-corrected chi connectivity index (χ3v) is 6.80. The normalized spacial score (nSPS) is 11.4. The number of nitrogens with zero attached hydrogens (tertiary/aromatic N) is 2. The first-order chi connectivity index (χ1) is 16.9. The first kappa shape index (κ1) is 27.9. The summed E-state index contributed by atoms with van der Waals surface area (Å²) in [4.78, 5) is 27.2. The molecule has 0 unspecified atom stereocenters. The number of hydrogen-bond donors (Lipinski definition) is 0. The van der Waals surface area contributed by atoms with Crippen molar-refractivity contribution >= 4 is 51.8 Å². The maximum atomic E-state index is 13.7. The predicted octanol–water partition coefficient (Wildman–Crippen LogP) is 1.06. The molecule has 4 aromatic rings. The molecular weight excluding hydrogens is 507 g/mol. The molecule has 4 rings (SSSR count). The smallest absolute Gasteiger partial charge is 0.545 e. The predicted molar refractivity (Wildman–Crippen MR) is 135 cm³/mol. The molecule has 1 heterocycles. The average molecular weight is 529 g/mol. The fourth-order valence-corrected chi connectivity index (χ4v) is 4.67. The standard InChI is InChI=1S/C26H22N2O5S2.Na/c1-32-22-11-4-15(13-23(22)33-2)12-19(25(29)16-5-8-18(34-3)9-6-16)24(26(30)31)17-7-10-20-21(14-17)28-35-27-20;/h4-11,13-14H,12H2,1-3H3,(H,30,31);/q;+1/p-1/b24-19+;. The molecule has 7 nitrogen and oxygen atoms in total. The molecule has 1 aromatic heterocycles. The van der Waals surface area contributed by atoms with Crippen LogP contribution in [0.5, 0.6) is 11.5 Å². The van der Waals surface area contributed by atoms with Crippen molar-refractivity contribution in [3.05, 3.63) is 82.9 Å². The Morgan fingerprint density at radius 1 is 0.889 bits per heavy atom. The molecular formula is C26H21N2NaO5S2. The van der Waals surface area contributed by atoms with Crippen LogP contribution in [0.3, 0.4) is 0 Å². The van der Waals surface area contributed by atoms with Gasteiger partial charge in [0.2, 0.25) is 0 Å². The van der Waals surface area contributed by atoms with Gasteiger partial charge >= 0.3 is 29.6 Å². The molecule has 178 valence electrons. The van der Waals surface area contributed by atoms with Crippen LogP contribution in [0, 0.1) is 0 Å². The van der Waals surface area contributed by atoms with Crippen LogP contribution >= 0.6 is 23.5 Å². The molecule has 0 fully saturated rings. The van der Waals surface area contributed by atoms with E-state index in [9.17, 15) is 14.7 Å². The zero-order valence-electron chi connectivity index (χ0n) is 20.2. The first-order valence-electron chi connectivity index (χ1n) is 10.5. The van der Waals surface area contributed by atoms with E-state index in [1.165, 1.54) is 14.2 Å². The van der Waals surface area contributed by atoms with E-state index < -0.39 is 11.8 Å². The topological polar surface area (TPSA) is 101 Å². The molecule has 0 amide bonds. The Kier molecular flexibility index (Phi) is 9.69. The van der Waals surface area contributed by atoms with Gasteiger partial charge in [0.15, 0.2) is 17.3 Å². The number of ketones is 1. The van der Waals surface area contributed by atoms with Crippen LogP contribution in [-0.2, 0) is 11.2 Å². The van der Waals surface area contributed by atoms with Crippen LogP contribution in [0.2, 0.25) is 0 Å². The van der Waals surface area contributed by atoms with Gasteiger partial charge in [-0.25, -0.2) is 0 Å². The number of carbonyl (C=O) groups excluding carboxylic acids is 2. The molecule has 0 spiro atoms. The van der Waals surface area contributed by atoms with E-state index >= 15 is 0 Å². The molecule has 0 aliphatic heterocycles. The van der Waals surface area contributed by atoms with Crippen molar-refractivity contribution in [1.82, 2.24) is 8.75 Å². The van der Waals surface area contributed by atoms with Crippen molar-refractivity contribution in [2.75, 3.05) is 20.5 Å². The first-order valence-corrected chi connectivity index (χ1v) is 12.5. The van der Waals surface area contributed by atoms with Gasteiger partial charge in [-0.15, -0.1) is 11.8 Å². The Labute approximate surface area is 239 Å². The summed E-state index contributed by atoms with van der Waals surface area (Å²) in [5, 5.41) is 12.5. The number of methoxy groups -OCH3 is 2. The second-order valence-corrected chi connectivity index (χ2v) is 8.94. The second kappa shape index (κ2) is 12.5. The fraction of sp³-hybridized carbons (Fsp3) is 0.154. The number of fused-ring (bicyclic) bond motifs is 1. The van der Waals surface area contributed by atoms with Crippen LogP contribution < -0.4 is 44.1 Å². The molecule has 0 saturated carbocycles. The molecule has 0 saturated heterocycles. The number of hydrogen-bond acceptors (Lipinski definition) is 9. The maximum Gasteiger partial charge on any atom is 1.00 e. The van der Waals surface area contributed by atoms with Gasteiger partial charge in [-0.05, 0) is 65.9 Å². The van der Waals surface area contributed by atoms with Crippen molar-refractivity contribution in [3.8, 4) is 11.5 Å². The molecule has 0 aliphatic carbocycles. The van der Waals surface area contributed by atoms with Crippen molar-refractivity contribution in [1.29, 1.82) is 0 Å². The summed E-state index contributed by atoms with van der Waals surface area (Å²) in [6.07, 6.45) is 1.98. The van der Waals surface area contributed by atoms with Crippen molar-refractivity contribution < 1.29 is 53.7 Å². The van der Waals surface area contributed by atoms with Crippen LogP contribution in [0.25, 0.3) is 16.6 Å². The minimum atomic E-state index is -1.45. The quantitative estimate of drug-likeness (QED) is 0.138. The minimum Gasteiger partial charge on any atom is -0.545 e. The summed E-state index contributed by atoms with van der Waals surface area (Å²) in [6, 6.07) is 17.2. The number of carbonyl (C=O) groups is 2. The number of aromatic nitrogens is 2. The van der Waals surface area contributed by atoms with Crippen LogP contribution in [0.15, 0.2) is 71.1 Å². The molecule has 0 atom stereocenters. The Morgan fingerprint density at radius 3 is 2.19 bits per heavy atom. The Bertz CT molecular complexity index is 1430. The Hall–Kier alpha value is -2.69. The fourth-order valence-electron chi connectivity index (χ4n) is 3.75. The average Bonchev–Trinajstić information content (AvgIpc) is 3.35. The molecule has 0 bridgehead atoms. The van der Waals surface area contributed by atoms with Gasteiger partial charge in [-0.2, -0.15) is 8.75 Å². The third-order valence-electron chi connectivity index (χ3n) is 5.50. The van der Waals surface area contributed by atoms with E-state index in [2.05, 4.69) is 8.75 Å². The van der Waals surface area contributed by atoms with Crippen molar-refractivity contribution in [2.24, 2.45) is 0 Å². The van der Waals surface area contributed by atoms with Crippen molar-refractivity contribution in [2.45, 2.75) is 11.3 Å². The molecule has 36 heavy (non-hydrogen) atoms. The number of aliphatic carboxylic acids is 1. The zero-order chi connectivity index (χ0) is 24.9. The largest absolute Gasteiger partial charge is 1.00 e. The van der Waals surface area contributed by atoms with Gasteiger partial charge in [0, 0.05) is 28.0 Å².